The van der Waals surface area contributed by atoms with E-state index in [0.29, 0.717) is 6.04 Å². The van der Waals surface area contributed by atoms with E-state index >= 15 is 0 Å². The minimum atomic E-state index is 0.692. The first kappa shape index (κ1) is 10.7. The molecule has 1 aromatic rings. The van der Waals surface area contributed by atoms with Gasteiger partial charge in [-0.25, -0.2) is 0 Å². The van der Waals surface area contributed by atoms with E-state index in [2.05, 4.69) is 42.6 Å². The molecule has 1 aromatic carbocycles. The van der Waals surface area contributed by atoms with Gasteiger partial charge in [-0.1, -0.05) is 43.7 Å². The molecule has 15 heavy (non-hydrogen) atoms. The molecule has 1 saturated heterocycles. The number of nitrogens with one attached hydrogen (secondary N) is 1. The van der Waals surface area contributed by atoms with Gasteiger partial charge in [-0.05, 0) is 37.3 Å². The lowest BCUT2D eigenvalue weighted by atomic mass is 10.0. The quantitative estimate of drug-likeness (QED) is 0.779. The zero-order valence-corrected chi connectivity index (χ0v) is 9.58. The minimum Gasteiger partial charge on any atom is -0.313 e. The number of hydrogen-bond donors (Lipinski definition) is 1. The molecule has 0 aromatic heterocycles. The Morgan fingerprint density at radius 2 is 2.00 bits per heavy atom. The highest BCUT2D eigenvalue weighted by atomic mass is 14.9. The van der Waals surface area contributed by atoms with Crippen molar-refractivity contribution in [2.24, 2.45) is 5.92 Å². The molecule has 0 saturated carbocycles. The van der Waals surface area contributed by atoms with E-state index in [4.69, 9.17) is 0 Å². The summed E-state index contributed by atoms with van der Waals surface area (Å²) < 4.78 is 0. The van der Waals surface area contributed by atoms with Crippen LogP contribution in [0.25, 0.3) is 0 Å². The van der Waals surface area contributed by atoms with E-state index in [1.807, 2.05) is 0 Å². The summed E-state index contributed by atoms with van der Waals surface area (Å²) in [5, 5.41) is 3.68. The van der Waals surface area contributed by atoms with Crippen molar-refractivity contribution >= 4 is 0 Å². The molecule has 0 amide bonds. The van der Waals surface area contributed by atoms with Crippen LogP contribution in [0.2, 0.25) is 0 Å². The van der Waals surface area contributed by atoms with Gasteiger partial charge >= 0.3 is 0 Å². The van der Waals surface area contributed by atoms with E-state index in [9.17, 15) is 0 Å². The molecule has 2 rings (SSSR count). The number of hydrogen-bond acceptors (Lipinski definition) is 1. The van der Waals surface area contributed by atoms with Crippen LogP contribution < -0.4 is 5.32 Å². The van der Waals surface area contributed by atoms with Crippen LogP contribution in [0.3, 0.4) is 0 Å². The average molecular weight is 203 g/mol. The highest BCUT2D eigenvalue weighted by Crippen LogP contribution is 2.16. The van der Waals surface area contributed by atoms with Gasteiger partial charge in [0.15, 0.2) is 0 Å². The molecule has 0 aliphatic carbocycles. The third kappa shape index (κ3) is 3.35. The van der Waals surface area contributed by atoms with Gasteiger partial charge in [-0.3, -0.25) is 0 Å². The molecule has 0 radical (unpaired) electrons. The lowest BCUT2D eigenvalue weighted by Crippen LogP contribution is -2.31. The molecule has 1 N–H and O–H groups in total. The second-order valence-corrected chi connectivity index (χ2v) is 4.83. The van der Waals surface area contributed by atoms with Crippen LogP contribution in [0.4, 0.5) is 0 Å². The molecule has 1 nitrogen and oxygen atoms in total. The second-order valence-electron chi connectivity index (χ2n) is 4.83. The van der Waals surface area contributed by atoms with Gasteiger partial charge in [0.25, 0.3) is 0 Å². The van der Waals surface area contributed by atoms with Crippen molar-refractivity contribution in [2.45, 2.75) is 38.6 Å². The Morgan fingerprint density at radius 1 is 1.20 bits per heavy atom. The standard InChI is InChI=1S/C14H21N/c1-12-6-5-9-14(15-11-12)10-13-7-3-2-4-8-13/h2-4,7-8,12,14-15H,5-6,9-11H2,1H3/t12?,14-/m1/s1. The van der Waals surface area contributed by atoms with Gasteiger partial charge in [0.05, 0.1) is 0 Å². The molecule has 1 fully saturated rings. The van der Waals surface area contributed by atoms with Crippen LogP contribution in [0.15, 0.2) is 30.3 Å². The fourth-order valence-corrected chi connectivity index (χ4v) is 2.36. The first-order valence-corrected chi connectivity index (χ1v) is 6.12. The maximum Gasteiger partial charge on any atom is 0.0108 e. The molecule has 0 bridgehead atoms. The molecular weight excluding hydrogens is 182 g/mol. The van der Waals surface area contributed by atoms with Crippen molar-refractivity contribution in [2.75, 3.05) is 6.54 Å². The van der Waals surface area contributed by atoms with Crippen LogP contribution in [0.5, 0.6) is 0 Å². The summed E-state index contributed by atoms with van der Waals surface area (Å²) in [6.07, 6.45) is 5.29. The summed E-state index contributed by atoms with van der Waals surface area (Å²) >= 11 is 0. The Hall–Kier alpha value is -0.820. The first-order chi connectivity index (χ1) is 7.34. The Bertz CT molecular complexity index is 281. The largest absolute Gasteiger partial charge is 0.313 e. The van der Waals surface area contributed by atoms with Gasteiger partial charge in [0.1, 0.15) is 0 Å². The molecule has 1 heteroatoms. The van der Waals surface area contributed by atoms with Crippen LogP contribution in [-0.4, -0.2) is 12.6 Å². The molecule has 1 unspecified atom stereocenters. The van der Waals surface area contributed by atoms with Crippen molar-refractivity contribution in [3.8, 4) is 0 Å². The maximum absolute atomic E-state index is 3.68. The van der Waals surface area contributed by atoms with Gasteiger partial charge in [0.2, 0.25) is 0 Å². The maximum atomic E-state index is 3.68. The summed E-state index contributed by atoms with van der Waals surface area (Å²) in [6.45, 7) is 3.54. The van der Waals surface area contributed by atoms with E-state index in [0.717, 1.165) is 5.92 Å². The Morgan fingerprint density at radius 3 is 2.80 bits per heavy atom. The summed E-state index contributed by atoms with van der Waals surface area (Å²) in [6, 6.07) is 11.5. The topological polar surface area (TPSA) is 12.0 Å². The van der Waals surface area contributed by atoms with E-state index in [1.165, 1.54) is 37.8 Å². The Labute approximate surface area is 92.9 Å². The smallest absolute Gasteiger partial charge is 0.0108 e. The summed E-state index contributed by atoms with van der Waals surface area (Å²) in [5.74, 6) is 0.853. The summed E-state index contributed by atoms with van der Waals surface area (Å²) in [4.78, 5) is 0. The summed E-state index contributed by atoms with van der Waals surface area (Å²) in [7, 11) is 0. The van der Waals surface area contributed by atoms with Crippen LogP contribution >= 0.6 is 0 Å². The molecule has 1 heterocycles. The molecular formula is C14H21N. The van der Waals surface area contributed by atoms with Crippen molar-refractivity contribution < 1.29 is 0 Å². The van der Waals surface area contributed by atoms with Crippen LogP contribution in [0.1, 0.15) is 31.7 Å². The summed E-state index contributed by atoms with van der Waals surface area (Å²) in [5.41, 5.74) is 1.46. The lowest BCUT2D eigenvalue weighted by Gasteiger charge is -2.16. The minimum absolute atomic E-state index is 0.692. The molecule has 2 atom stereocenters. The molecule has 1 aliphatic heterocycles. The molecule has 0 spiro atoms. The monoisotopic (exact) mass is 203 g/mol. The van der Waals surface area contributed by atoms with E-state index < -0.39 is 0 Å². The zero-order chi connectivity index (χ0) is 10.5. The Kier molecular flexibility index (Phi) is 3.79. The third-order valence-electron chi connectivity index (χ3n) is 3.33. The fourth-order valence-electron chi connectivity index (χ4n) is 2.36. The molecule has 82 valence electrons. The Balaban J connectivity index is 1.89. The van der Waals surface area contributed by atoms with Gasteiger partial charge in [0, 0.05) is 6.04 Å². The highest BCUT2D eigenvalue weighted by molar-refractivity contribution is 5.15. The fraction of sp³-hybridized carbons (Fsp3) is 0.571. The van der Waals surface area contributed by atoms with Crippen molar-refractivity contribution in [1.29, 1.82) is 0 Å². The van der Waals surface area contributed by atoms with Gasteiger partial charge in [-0.15, -0.1) is 0 Å². The normalized spacial score (nSPS) is 27.3. The average Bonchev–Trinajstić information content (AvgIpc) is 2.46. The van der Waals surface area contributed by atoms with Crippen molar-refractivity contribution in [3.63, 3.8) is 0 Å². The van der Waals surface area contributed by atoms with Gasteiger partial charge in [-0.2, -0.15) is 0 Å². The second kappa shape index (κ2) is 5.32. The van der Waals surface area contributed by atoms with E-state index in [1.54, 1.807) is 0 Å². The van der Waals surface area contributed by atoms with E-state index in [-0.39, 0.29) is 0 Å². The SMILES string of the molecule is CC1CCC[C@H](Cc2ccccc2)NC1. The van der Waals surface area contributed by atoms with Crippen LogP contribution in [0, 0.1) is 5.92 Å². The predicted molar refractivity (Wildman–Crippen MR) is 65.0 cm³/mol. The van der Waals surface area contributed by atoms with Crippen LogP contribution in [-0.2, 0) is 6.42 Å². The zero-order valence-electron chi connectivity index (χ0n) is 9.58. The van der Waals surface area contributed by atoms with Gasteiger partial charge < -0.3 is 5.32 Å². The first-order valence-electron chi connectivity index (χ1n) is 6.12. The van der Waals surface area contributed by atoms with Crippen molar-refractivity contribution in [3.05, 3.63) is 35.9 Å². The number of rotatable bonds is 2. The lowest BCUT2D eigenvalue weighted by molar-refractivity contribution is 0.482. The highest BCUT2D eigenvalue weighted by Gasteiger charge is 2.15. The molecule has 1 aliphatic rings. The van der Waals surface area contributed by atoms with Crippen molar-refractivity contribution in [1.82, 2.24) is 5.32 Å². The predicted octanol–water partition coefficient (Wildman–Crippen LogP) is 3.01. The third-order valence-corrected chi connectivity index (χ3v) is 3.33. The number of benzene rings is 1.